The summed E-state index contributed by atoms with van der Waals surface area (Å²) in [5.41, 5.74) is 1.48. The maximum absolute atomic E-state index is 9.94. The monoisotopic (exact) mass is 231 g/mol. The molecule has 5 nitrogen and oxygen atoms in total. The number of methoxy groups -OCH3 is 1. The summed E-state index contributed by atoms with van der Waals surface area (Å²) in [5.74, 6) is 0.558. The molecule has 0 fully saturated rings. The lowest BCUT2D eigenvalue weighted by molar-refractivity contribution is 0.173. The summed E-state index contributed by atoms with van der Waals surface area (Å²) in [6.07, 6.45) is 6.16. The van der Waals surface area contributed by atoms with Gasteiger partial charge in [0.05, 0.1) is 19.0 Å². The minimum atomic E-state index is -0.668. The lowest BCUT2D eigenvalue weighted by atomic mass is 10.1. The van der Waals surface area contributed by atoms with Crippen molar-refractivity contribution in [2.45, 2.75) is 12.5 Å². The van der Waals surface area contributed by atoms with Crippen molar-refractivity contribution in [2.24, 2.45) is 0 Å². The van der Waals surface area contributed by atoms with E-state index in [0.29, 0.717) is 18.0 Å². The van der Waals surface area contributed by atoms with Gasteiger partial charge >= 0.3 is 0 Å². The van der Waals surface area contributed by atoms with Crippen molar-refractivity contribution in [3.8, 4) is 5.88 Å². The van der Waals surface area contributed by atoms with E-state index in [1.807, 2.05) is 6.07 Å². The van der Waals surface area contributed by atoms with E-state index in [9.17, 15) is 5.11 Å². The molecule has 1 unspecified atom stereocenters. The number of ether oxygens (including phenoxy) is 1. The molecule has 2 aromatic rings. The molecule has 17 heavy (non-hydrogen) atoms. The van der Waals surface area contributed by atoms with E-state index in [4.69, 9.17) is 4.74 Å². The highest BCUT2D eigenvalue weighted by Gasteiger charge is 2.10. The predicted octanol–water partition coefficient (Wildman–Crippen LogP) is 1.16. The molecule has 0 bridgehead atoms. The second kappa shape index (κ2) is 5.36. The average Bonchev–Trinajstić information content (AvgIpc) is 2.40. The van der Waals surface area contributed by atoms with Crippen molar-refractivity contribution < 1.29 is 9.84 Å². The van der Waals surface area contributed by atoms with Gasteiger partial charge in [-0.05, 0) is 5.56 Å². The smallest absolute Gasteiger partial charge is 0.212 e. The van der Waals surface area contributed by atoms with Crippen LogP contribution in [0.3, 0.4) is 0 Å². The zero-order valence-corrected chi connectivity index (χ0v) is 9.45. The van der Waals surface area contributed by atoms with Crippen LogP contribution >= 0.6 is 0 Å². The third kappa shape index (κ3) is 2.98. The zero-order valence-electron chi connectivity index (χ0n) is 9.45. The fourth-order valence-corrected chi connectivity index (χ4v) is 1.46. The standard InChI is InChI=1S/C12H13N3O2/c1-17-12-3-2-9(7-15-12)6-11(16)10-8-13-4-5-14-10/h2-5,7-8,11,16H,6H2,1H3. The van der Waals surface area contributed by atoms with Gasteiger partial charge in [0.2, 0.25) is 5.88 Å². The molecule has 0 radical (unpaired) electrons. The number of pyridine rings is 1. The first-order valence-corrected chi connectivity index (χ1v) is 5.22. The van der Waals surface area contributed by atoms with Crippen molar-refractivity contribution in [3.05, 3.63) is 48.2 Å². The number of aliphatic hydroxyl groups excluding tert-OH is 1. The zero-order chi connectivity index (χ0) is 12.1. The Kier molecular flexibility index (Phi) is 3.62. The number of aromatic nitrogens is 3. The van der Waals surface area contributed by atoms with Crippen LogP contribution in [0.4, 0.5) is 0 Å². The molecule has 0 aliphatic heterocycles. The van der Waals surface area contributed by atoms with Gasteiger partial charge < -0.3 is 9.84 Å². The van der Waals surface area contributed by atoms with Gasteiger partial charge in [0.1, 0.15) is 6.10 Å². The molecule has 0 aromatic carbocycles. The van der Waals surface area contributed by atoms with Crippen LogP contribution in [0, 0.1) is 0 Å². The second-order valence-corrected chi connectivity index (χ2v) is 3.56. The third-order valence-corrected chi connectivity index (χ3v) is 2.36. The maximum Gasteiger partial charge on any atom is 0.212 e. The molecular weight excluding hydrogens is 218 g/mol. The Morgan fingerprint density at radius 3 is 2.71 bits per heavy atom. The lowest BCUT2D eigenvalue weighted by Gasteiger charge is -2.09. The third-order valence-electron chi connectivity index (χ3n) is 2.36. The number of rotatable bonds is 4. The number of nitrogens with zero attached hydrogens (tertiary/aromatic N) is 3. The molecular formula is C12H13N3O2. The summed E-state index contributed by atoms with van der Waals surface area (Å²) >= 11 is 0. The van der Waals surface area contributed by atoms with E-state index in [1.165, 1.54) is 0 Å². The van der Waals surface area contributed by atoms with E-state index in [0.717, 1.165) is 5.56 Å². The number of hydrogen-bond donors (Lipinski definition) is 1. The Hall–Kier alpha value is -2.01. The van der Waals surface area contributed by atoms with E-state index in [2.05, 4.69) is 15.0 Å². The van der Waals surface area contributed by atoms with Crippen LogP contribution in [0.1, 0.15) is 17.4 Å². The summed E-state index contributed by atoms with van der Waals surface area (Å²) in [6, 6.07) is 3.63. The highest BCUT2D eigenvalue weighted by molar-refractivity contribution is 5.19. The van der Waals surface area contributed by atoms with Crippen LogP contribution in [0.5, 0.6) is 5.88 Å². The first-order valence-electron chi connectivity index (χ1n) is 5.22. The largest absolute Gasteiger partial charge is 0.481 e. The SMILES string of the molecule is COc1ccc(CC(O)c2cnccn2)cn1. The summed E-state index contributed by atoms with van der Waals surface area (Å²) in [5, 5.41) is 9.94. The predicted molar refractivity (Wildman–Crippen MR) is 61.5 cm³/mol. The molecule has 0 saturated heterocycles. The summed E-state index contributed by atoms with van der Waals surface area (Å²) < 4.78 is 4.96. The van der Waals surface area contributed by atoms with Crippen LogP contribution in [0.2, 0.25) is 0 Å². The quantitative estimate of drug-likeness (QED) is 0.855. The first-order chi connectivity index (χ1) is 8.29. The molecule has 2 aromatic heterocycles. The normalized spacial score (nSPS) is 12.1. The Balaban J connectivity index is 2.05. The molecule has 0 spiro atoms. The molecule has 88 valence electrons. The van der Waals surface area contributed by atoms with Crippen molar-refractivity contribution in [1.82, 2.24) is 15.0 Å². The Labute approximate surface area is 99.2 Å². The van der Waals surface area contributed by atoms with Gasteiger partial charge in [0.15, 0.2) is 0 Å². The highest BCUT2D eigenvalue weighted by Crippen LogP contribution is 2.16. The molecule has 0 aliphatic rings. The van der Waals surface area contributed by atoms with Crippen molar-refractivity contribution in [3.63, 3.8) is 0 Å². The minimum Gasteiger partial charge on any atom is -0.481 e. The summed E-state index contributed by atoms with van der Waals surface area (Å²) in [7, 11) is 1.57. The van der Waals surface area contributed by atoms with Crippen LogP contribution in [-0.2, 0) is 6.42 Å². The van der Waals surface area contributed by atoms with Gasteiger partial charge in [-0.15, -0.1) is 0 Å². The Bertz CT molecular complexity index is 459. The Morgan fingerprint density at radius 2 is 2.12 bits per heavy atom. The fraction of sp³-hybridized carbons (Fsp3) is 0.250. The number of hydrogen-bond acceptors (Lipinski definition) is 5. The maximum atomic E-state index is 9.94. The summed E-state index contributed by atoms with van der Waals surface area (Å²) in [6.45, 7) is 0. The van der Waals surface area contributed by atoms with Crippen molar-refractivity contribution in [2.75, 3.05) is 7.11 Å². The molecule has 0 saturated carbocycles. The molecule has 0 amide bonds. The van der Waals surface area contributed by atoms with Gasteiger partial charge in [-0.25, -0.2) is 4.98 Å². The fourth-order valence-electron chi connectivity index (χ4n) is 1.46. The molecule has 0 aliphatic carbocycles. The van der Waals surface area contributed by atoms with Crippen LogP contribution in [0.25, 0.3) is 0 Å². The molecule has 1 N–H and O–H groups in total. The van der Waals surface area contributed by atoms with E-state index in [-0.39, 0.29) is 0 Å². The minimum absolute atomic E-state index is 0.454. The van der Waals surface area contributed by atoms with Gasteiger partial charge in [0.25, 0.3) is 0 Å². The lowest BCUT2D eigenvalue weighted by Crippen LogP contribution is -2.04. The molecule has 1 atom stereocenters. The van der Waals surface area contributed by atoms with E-state index in [1.54, 1.807) is 38.0 Å². The van der Waals surface area contributed by atoms with Crippen LogP contribution < -0.4 is 4.74 Å². The van der Waals surface area contributed by atoms with Gasteiger partial charge in [0, 0.05) is 31.1 Å². The molecule has 5 heteroatoms. The number of aliphatic hydroxyl groups is 1. The van der Waals surface area contributed by atoms with Crippen molar-refractivity contribution >= 4 is 0 Å². The van der Waals surface area contributed by atoms with E-state index < -0.39 is 6.10 Å². The van der Waals surface area contributed by atoms with Gasteiger partial charge in [-0.3, -0.25) is 9.97 Å². The van der Waals surface area contributed by atoms with Gasteiger partial charge in [-0.2, -0.15) is 0 Å². The highest BCUT2D eigenvalue weighted by atomic mass is 16.5. The topological polar surface area (TPSA) is 68.1 Å². The Morgan fingerprint density at radius 1 is 1.24 bits per heavy atom. The van der Waals surface area contributed by atoms with Gasteiger partial charge in [-0.1, -0.05) is 6.07 Å². The van der Waals surface area contributed by atoms with Crippen molar-refractivity contribution in [1.29, 1.82) is 0 Å². The van der Waals surface area contributed by atoms with Crippen LogP contribution in [-0.4, -0.2) is 27.2 Å². The van der Waals surface area contributed by atoms with Crippen LogP contribution in [0.15, 0.2) is 36.9 Å². The molecule has 2 rings (SSSR count). The van der Waals surface area contributed by atoms with E-state index >= 15 is 0 Å². The molecule has 2 heterocycles. The average molecular weight is 231 g/mol. The summed E-state index contributed by atoms with van der Waals surface area (Å²) in [4.78, 5) is 12.0. The first kappa shape index (κ1) is 11.5. The second-order valence-electron chi connectivity index (χ2n) is 3.56.